The van der Waals surface area contributed by atoms with Gasteiger partial charge in [0.25, 0.3) is 11.6 Å². The molecule has 0 aromatic heterocycles. The van der Waals surface area contributed by atoms with Gasteiger partial charge in [0, 0.05) is 40.9 Å². The van der Waals surface area contributed by atoms with Gasteiger partial charge in [-0.05, 0) is 30.3 Å². The van der Waals surface area contributed by atoms with Crippen LogP contribution in [0.25, 0.3) is 0 Å². The molecule has 2 aromatic rings. The monoisotopic (exact) mass is 405 g/mol. The van der Waals surface area contributed by atoms with E-state index in [0.29, 0.717) is 5.69 Å². The van der Waals surface area contributed by atoms with Gasteiger partial charge in [0.2, 0.25) is 5.91 Å². The summed E-state index contributed by atoms with van der Waals surface area (Å²) in [5.74, 6) is -2.07. The van der Waals surface area contributed by atoms with Gasteiger partial charge in [-0.2, -0.15) is 0 Å². The van der Waals surface area contributed by atoms with Crippen LogP contribution in [0.15, 0.2) is 42.5 Å². The maximum atomic E-state index is 12.5. The highest BCUT2D eigenvalue weighted by Gasteiger charge is 2.23. The van der Waals surface area contributed by atoms with Crippen LogP contribution >= 0.6 is 11.6 Å². The summed E-state index contributed by atoms with van der Waals surface area (Å²) in [6, 6.07) is 8.46. The van der Waals surface area contributed by atoms with E-state index in [2.05, 4.69) is 10.6 Å². The standard InChI is InChI=1S/C18H16ClN3O6/c1-10(23)20-12-4-2-11(3-5-12)18(26)21-16(9-17(24)25)14-8-13(22(27)28)6-7-15(14)19/h2-8,16H,9H2,1H3,(H,20,23)(H,21,26)(H,24,25). The van der Waals surface area contributed by atoms with Gasteiger partial charge in [-0.3, -0.25) is 24.5 Å². The van der Waals surface area contributed by atoms with Gasteiger partial charge < -0.3 is 15.7 Å². The van der Waals surface area contributed by atoms with Crippen molar-refractivity contribution in [3.05, 3.63) is 68.7 Å². The molecule has 9 nitrogen and oxygen atoms in total. The minimum absolute atomic E-state index is 0.0955. The lowest BCUT2D eigenvalue weighted by Gasteiger charge is -2.19. The number of carboxylic acids is 1. The van der Waals surface area contributed by atoms with E-state index in [0.717, 1.165) is 6.07 Å². The number of anilines is 1. The van der Waals surface area contributed by atoms with E-state index in [9.17, 15) is 24.5 Å². The number of hydrogen-bond donors (Lipinski definition) is 3. The number of hydrogen-bond acceptors (Lipinski definition) is 5. The van der Waals surface area contributed by atoms with Gasteiger partial charge in [-0.25, -0.2) is 0 Å². The lowest BCUT2D eigenvalue weighted by Crippen LogP contribution is -2.30. The third-order valence-corrected chi connectivity index (χ3v) is 4.06. The van der Waals surface area contributed by atoms with Crippen molar-refractivity contribution in [3.63, 3.8) is 0 Å². The summed E-state index contributed by atoms with van der Waals surface area (Å²) in [7, 11) is 0. The van der Waals surface area contributed by atoms with Crippen LogP contribution in [0.4, 0.5) is 11.4 Å². The van der Waals surface area contributed by atoms with Gasteiger partial charge >= 0.3 is 5.97 Å². The van der Waals surface area contributed by atoms with E-state index >= 15 is 0 Å². The first-order chi connectivity index (χ1) is 13.2. The first-order valence-corrected chi connectivity index (χ1v) is 8.39. The molecule has 28 heavy (non-hydrogen) atoms. The predicted octanol–water partition coefficient (Wildman–Crippen LogP) is 3.15. The summed E-state index contributed by atoms with van der Waals surface area (Å²) in [4.78, 5) is 45.1. The predicted molar refractivity (Wildman–Crippen MR) is 101 cm³/mol. The molecule has 0 bridgehead atoms. The average molecular weight is 406 g/mol. The second kappa shape index (κ2) is 8.96. The minimum Gasteiger partial charge on any atom is -0.481 e. The molecule has 0 radical (unpaired) electrons. The third-order valence-electron chi connectivity index (χ3n) is 3.72. The Hall–Kier alpha value is -3.46. The summed E-state index contributed by atoms with van der Waals surface area (Å²) in [5.41, 5.74) is 0.559. The van der Waals surface area contributed by atoms with E-state index < -0.39 is 29.3 Å². The summed E-state index contributed by atoms with van der Waals surface area (Å²) in [5, 5.41) is 25.3. The van der Waals surface area contributed by atoms with Crippen LogP contribution in [0, 0.1) is 10.1 Å². The third kappa shape index (κ3) is 5.52. The number of carboxylic acid groups (broad SMARTS) is 1. The second-order valence-electron chi connectivity index (χ2n) is 5.85. The molecule has 1 unspecified atom stereocenters. The zero-order valence-electron chi connectivity index (χ0n) is 14.6. The molecule has 0 aliphatic carbocycles. The Morgan fingerprint density at radius 2 is 1.82 bits per heavy atom. The number of aliphatic carboxylic acids is 1. The lowest BCUT2D eigenvalue weighted by atomic mass is 10.0. The quantitative estimate of drug-likeness (QED) is 0.477. The molecule has 0 saturated carbocycles. The molecule has 0 aliphatic rings. The van der Waals surface area contributed by atoms with Crippen molar-refractivity contribution in [2.75, 3.05) is 5.32 Å². The zero-order chi connectivity index (χ0) is 20.8. The number of amides is 2. The van der Waals surface area contributed by atoms with Gasteiger partial charge in [0.15, 0.2) is 0 Å². The Labute approximate surface area is 164 Å². The maximum absolute atomic E-state index is 12.5. The van der Waals surface area contributed by atoms with Crippen LogP contribution in [0.5, 0.6) is 0 Å². The molecule has 0 saturated heterocycles. The highest BCUT2D eigenvalue weighted by Crippen LogP contribution is 2.29. The van der Waals surface area contributed by atoms with Gasteiger partial charge in [-0.15, -0.1) is 0 Å². The molecular formula is C18H16ClN3O6. The second-order valence-corrected chi connectivity index (χ2v) is 6.25. The molecule has 3 N–H and O–H groups in total. The fraction of sp³-hybridized carbons (Fsp3) is 0.167. The van der Waals surface area contributed by atoms with E-state index in [1.807, 2.05) is 0 Å². The van der Waals surface area contributed by atoms with Crippen molar-refractivity contribution in [1.82, 2.24) is 5.32 Å². The minimum atomic E-state index is -1.21. The molecule has 0 spiro atoms. The molecular weight excluding hydrogens is 390 g/mol. The smallest absolute Gasteiger partial charge is 0.305 e. The van der Waals surface area contributed by atoms with E-state index in [1.54, 1.807) is 0 Å². The van der Waals surface area contributed by atoms with Crippen molar-refractivity contribution in [2.24, 2.45) is 0 Å². The number of nitrogens with zero attached hydrogens (tertiary/aromatic N) is 1. The van der Waals surface area contributed by atoms with Crippen molar-refractivity contribution in [3.8, 4) is 0 Å². The number of non-ortho nitro benzene ring substituents is 1. The lowest BCUT2D eigenvalue weighted by molar-refractivity contribution is -0.384. The Morgan fingerprint density at radius 1 is 1.18 bits per heavy atom. The summed E-state index contributed by atoms with van der Waals surface area (Å²) >= 11 is 6.07. The molecule has 0 aliphatic heterocycles. The topological polar surface area (TPSA) is 139 Å². The van der Waals surface area contributed by atoms with Gasteiger partial charge in [-0.1, -0.05) is 11.6 Å². The molecule has 2 amide bonds. The van der Waals surface area contributed by atoms with Crippen molar-refractivity contribution < 1.29 is 24.4 Å². The molecule has 1 atom stereocenters. The van der Waals surface area contributed by atoms with Crippen LogP contribution in [0.1, 0.15) is 35.3 Å². The summed E-state index contributed by atoms with van der Waals surface area (Å²) in [6.07, 6.45) is -0.517. The van der Waals surface area contributed by atoms with E-state index in [-0.39, 0.29) is 27.7 Å². The zero-order valence-corrected chi connectivity index (χ0v) is 15.4. The Balaban J connectivity index is 2.28. The highest BCUT2D eigenvalue weighted by atomic mass is 35.5. The van der Waals surface area contributed by atoms with Crippen LogP contribution in [0.3, 0.4) is 0 Å². The largest absolute Gasteiger partial charge is 0.481 e. The number of halogens is 1. The summed E-state index contributed by atoms with van der Waals surface area (Å²) in [6.45, 7) is 1.35. The van der Waals surface area contributed by atoms with Crippen LogP contribution in [-0.4, -0.2) is 27.8 Å². The highest BCUT2D eigenvalue weighted by molar-refractivity contribution is 6.31. The fourth-order valence-electron chi connectivity index (χ4n) is 2.47. The number of nitro benzene ring substituents is 1. The Morgan fingerprint density at radius 3 is 2.36 bits per heavy atom. The molecule has 2 rings (SSSR count). The number of carbonyl (C=O) groups excluding carboxylic acids is 2. The molecule has 2 aromatic carbocycles. The van der Waals surface area contributed by atoms with Crippen molar-refractivity contribution >= 4 is 40.8 Å². The van der Waals surface area contributed by atoms with Gasteiger partial charge in [0.05, 0.1) is 17.4 Å². The van der Waals surface area contributed by atoms with Crippen molar-refractivity contribution in [2.45, 2.75) is 19.4 Å². The number of benzene rings is 2. The number of rotatable bonds is 7. The summed E-state index contributed by atoms with van der Waals surface area (Å²) < 4.78 is 0. The normalized spacial score (nSPS) is 11.4. The molecule has 146 valence electrons. The van der Waals surface area contributed by atoms with Crippen molar-refractivity contribution in [1.29, 1.82) is 0 Å². The SMILES string of the molecule is CC(=O)Nc1ccc(C(=O)NC(CC(=O)O)c2cc([N+](=O)[O-])ccc2Cl)cc1. The Bertz CT molecular complexity index is 929. The fourth-order valence-corrected chi connectivity index (χ4v) is 2.72. The number of nitrogens with one attached hydrogen (secondary N) is 2. The molecule has 0 heterocycles. The van der Waals surface area contributed by atoms with Crippen LogP contribution < -0.4 is 10.6 Å². The van der Waals surface area contributed by atoms with E-state index in [1.165, 1.54) is 43.3 Å². The van der Waals surface area contributed by atoms with Gasteiger partial charge in [0.1, 0.15) is 0 Å². The molecule has 10 heteroatoms. The maximum Gasteiger partial charge on any atom is 0.305 e. The Kier molecular flexibility index (Phi) is 6.67. The first kappa shape index (κ1) is 20.8. The molecule has 0 fully saturated rings. The average Bonchev–Trinajstić information content (AvgIpc) is 2.61. The number of nitro groups is 1. The first-order valence-electron chi connectivity index (χ1n) is 8.01. The van der Waals surface area contributed by atoms with Crippen LogP contribution in [-0.2, 0) is 9.59 Å². The van der Waals surface area contributed by atoms with Crippen LogP contribution in [0.2, 0.25) is 5.02 Å². The van der Waals surface area contributed by atoms with E-state index in [4.69, 9.17) is 16.7 Å². The number of carbonyl (C=O) groups is 3.